The summed E-state index contributed by atoms with van der Waals surface area (Å²) in [6.45, 7) is 5.14. The maximum absolute atomic E-state index is 4.27. The van der Waals surface area contributed by atoms with E-state index in [1.165, 1.54) is 16.7 Å². The van der Waals surface area contributed by atoms with Crippen LogP contribution in [0.1, 0.15) is 29.7 Å². The van der Waals surface area contributed by atoms with E-state index in [1.807, 2.05) is 24.7 Å². The van der Waals surface area contributed by atoms with Gasteiger partial charge in [-0.25, -0.2) is 0 Å². The average molecular weight is 241 g/mol. The zero-order valence-corrected chi connectivity index (χ0v) is 10.9. The predicted molar refractivity (Wildman–Crippen MR) is 73.3 cm³/mol. The third-order valence-electron chi connectivity index (χ3n) is 2.91. The summed E-state index contributed by atoms with van der Waals surface area (Å²) in [5.41, 5.74) is 3.67. The number of rotatable bonds is 5. The van der Waals surface area contributed by atoms with Gasteiger partial charge >= 0.3 is 0 Å². The normalized spacial score (nSPS) is 12.3. The van der Waals surface area contributed by atoms with Crippen molar-refractivity contribution in [2.24, 2.45) is 0 Å². The fourth-order valence-corrected chi connectivity index (χ4v) is 2.08. The topological polar surface area (TPSA) is 37.8 Å². The quantitative estimate of drug-likeness (QED) is 0.874. The van der Waals surface area contributed by atoms with Gasteiger partial charge in [-0.3, -0.25) is 9.97 Å². The molecule has 0 aliphatic carbocycles. The number of hydrogen-bond acceptors (Lipinski definition) is 3. The van der Waals surface area contributed by atoms with Crippen molar-refractivity contribution in [3.05, 3.63) is 59.7 Å². The van der Waals surface area contributed by atoms with Crippen molar-refractivity contribution >= 4 is 0 Å². The second-order valence-corrected chi connectivity index (χ2v) is 4.47. The minimum Gasteiger partial charge on any atom is -0.310 e. The molecule has 0 saturated carbocycles. The maximum atomic E-state index is 4.27. The SMILES string of the molecule is CCNC(Cc1cccnc1)c1cncc(C)c1. The first-order chi connectivity index (χ1) is 8.79. The Morgan fingerprint density at radius 1 is 1.22 bits per heavy atom. The summed E-state index contributed by atoms with van der Waals surface area (Å²) in [5, 5.41) is 3.51. The van der Waals surface area contributed by atoms with E-state index in [2.05, 4.69) is 41.3 Å². The zero-order chi connectivity index (χ0) is 12.8. The molecule has 0 aliphatic heterocycles. The van der Waals surface area contributed by atoms with Crippen LogP contribution in [-0.2, 0) is 6.42 Å². The van der Waals surface area contributed by atoms with Crippen molar-refractivity contribution in [2.75, 3.05) is 6.54 Å². The summed E-state index contributed by atoms with van der Waals surface area (Å²) in [4.78, 5) is 8.44. The van der Waals surface area contributed by atoms with Crippen LogP contribution in [0.4, 0.5) is 0 Å². The van der Waals surface area contributed by atoms with Gasteiger partial charge in [-0.1, -0.05) is 19.1 Å². The lowest BCUT2D eigenvalue weighted by atomic mass is 10.0. The molecule has 3 heteroatoms. The second kappa shape index (κ2) is 6.26. The molecule has 0 aromatic carbocycles. The van der Waals surface area contributed by atoms with Gasteiger partial charge in [0.2, 0.25) is 0 Å². The van der Waals surface area contributed by atoms with Gasteiger partial charge in [0.05, 0.1) is 0 Å². The fourth-order valence-electron chi connectivity index (χ4n) is 2.08. The standard InChI is InChI=1S/C15H19N3/c1-3-18-15(8-13-5-4-6-16-10-13)14-7-12(2)9-17-11-14/h4-7,9-11,15,18H,3,8H2,1-2H3. The largest absolute Gasteiger partial charge is 0.310 e. The molecule has 0 amide bonds. The highest BCUT2D eigenvalue weighted by atomic mass is 14.9. The molecular formula is C15H19N3. The van der Waals surface area contributed by atoms with Crippen molar-refractivity contribution in [2.45, 2.75) is 26.3 Å². The van der Waals surface area contributed by atoms with Gasteiger partial charge in [0, 0.05) is 30.8 Å². The predicted octanol–water partition coefficient (Wildman–Crippen LogP) is 2.68. The van der Waals surface area contributed by atoms with Crippen LogP contribution in [0.15, 0.2) is 43.0 Å². The summed E-state index contributed by atoms with van der Waals surface area (Å²) < 4.78 is 0. The minimum atomic E-state index is 0.298. The van der Waals surface area contributed by atoms with Crippen LogP contribution in [-0.4, -0.2) is 16.5 Å². The van der Waals surface area contributed by atoms with E-state index >= 15 is 0 Å². The number of nitrogens with zero attached hydrogens (tertiary/aromatic N) is 2. The third-order valence-corrected chi connectivity index (χ3v) is 2.91. The molecule has 2 aromatic rings. The molecule has 2 rings (SSSR count). The fraction of sp³-hybridized carbons (Fsp3) is 0.333. The highest BCUT2D eigenvalue weighted by molar-refractivity contribution is 5.23. The first kappa shape index (κ1) is 12.7. The van der Waals surface area contributed by atoms with E-state index in [0.29, 0.717) is 6.04 Å². The Morgan fingerprint density at radius 3 is 2.78 bits per heavy atom. The average Bonchev–Trinajstić information content (AvgIpc) is 2.39. The molecular weight excluding hydrogens is 222 g/mol. The number of aryl methyl sites for hydroxylation is 1. The lowest BCUT2D eigenvalue weighted by Gasteiger charge is -2.18. The third kappa shape index (κ3) is 3.37. The Balaban J connectivity index is 2.18. The molecule has 3 nitrogen and oxygen atoms in total. The molecule has 0 bridgehead atoms. The van der Waals surface area contributed by atoms with Crippen molar-refractivity contribution in [1.29, 1.82) is 0 Å². The maximum Gasteiger partial charge on any atom is 0.0376 e. The van der Waals surface area contributed by atoms with Gasteiger partial charge in [0.25, 0.3) is 0 Å². The summed E-state index contributed by atoms with van der Waals surface area (Å²) in [7, 11) is 0. The molecule has 1 atom stereocenters. The van der Waals surface area contributed by atoms with E-state index in [4.69, 9.17) is 0 Å². The van der Waals surface area contributed by atoms with Gasteiger partial charge < -0.3 is 5.32 Å². The Hall–Kier alpha value is -1.74. The highest BCUT2D eigenvalue weighted by Gasteiger charge is 2.11. The molecule has 0 fully saturated rings. The smallest absolute Gasteiger partial charge is 0.0376 e. The number of aromatic nitrogens is 2. The number of hydrogen-bond donors (Lipinski definition) is 1. The van der Waals surface area contributed by atoms with Crippen LogP contribution in [0.3, 0.4) is 0 Å². The van der Waals surface area contributed by atoms with Crippen LogP contribution in [0.25, 0.3) is 0 Å². The van der Waals surface area contributed by atoms with Gasteiger partial charge in [-0.15, -0.1) is 0 Å². The molecule has 1 unspecified atom stereocenters. The van der Waals surface area contributed by atoms with E-state index in [9.17, 15) is 0 Å². The zero-order valence-electron chi connectivity index (χ0n) is 10.9. The second-order valence-electron chi connectivity index (χ2n) is 4.47. The summed E-state index contributed by atoms with van der Waals surface area (Å²) >= 11 is 0. The van der Waals surface area contributed by atoms with Gasteiger partial charge in [0.1, 0.15) is 0 Å². The Kier molecular flexibility index (Phi) is 4.42. The van der Waals surface area contributed by atoms with Crippen molar-refractivity contribution in [3.63, 3.8) is 0 Å². The van der Waals surface area contributed by atoms with Crippen molar-refractivity contribution in [3.8, 4) is 0 Å². The molecule has 2 aromatic heterocycles. The highest BCUT2D eigenvalue weighted by Crippen LogP contribution is 2.18. The first-order valence-electron chi connectivity index (χ1n) is 6.33. The molecule has 18 heavy (non-hydrogen) atoms. The Morgan fingerprint density at radius 2 is 2.11 bits per heavy atom. The van der Waals surface area contributed by atoms with Crippen molar-refractivity contribution < 1.29 is 0 Å². The van der Waals surface area contributed by atoms with Gasteiger partial charge in [0.15, 0.2) is 0 Å². The van der Waals surface area contributed by atoms with Crippen LogP contribution < -0.4 is 5.32 Å². The Labute approximate surface area is 108 Å². The van der Waals surface area contributed by atoms with Crippen LogP contribution in [0.2, 0.25) is 0 Å². The summed E-state index contributed by atoms with van der Waals surface area (Å²) in [5.74, 6) is 0. The van der Waals surface area contributed by atoms with E-state index < -0.39 is 0 Å². The molecule has 0 spiro atoms. The minimum absolute atomic E-state index is 0.298. The Bertz CT molecular complexity index is 482. The molecule has 2 heterocycles. The van der Waals surface area contributed by atoms with Crippen LogP contribution in [0.5, 0.6) is 0 Å². The van der Waals surface area contributed by atoms with E-state index in [0.717, 1.165) is 13.0 Å². The van der Waals surface area contributed by atoms with Gasteiger partial charge in [-0.05, 0) is 42.6 Å². The molecule has 0 aliphatic rings. The summed E-state index contributed by atoms with van der Waals surface area (Å²) in [6, 6.07) is 6.58. The van der Waals surface area contributed by atoms with Crippen molar-refractivity contribution in [1.82, 2.24) is 15.3 Å². The van der Waals surface area contributed by atoms with Gasteiger partial charge in [-0.2, -0.15) is 0 Å². The number of pyridine rings is 2. The molecule has 94 valence electrons. The number of nitrogens with one attached hydrogen (secondary N) is 1. The van der Waals surface area contributed by atoms with E-state index in [-0.39, 0.29) is 0 Å². The molecule has 0 saturated heterocycles. The van der Waals surface area contributed by atoms with Crippen LogP contribution in [0, 0.1) is 6.92 Å². The lowest BCUT2D eigenvalue weighted by molar-refractivity contribution is 0.547. The molecule has 0 radical (unpaired) electrons. The van der Waals surface area contributed by atoms with E-state index in [1.54, 1.807) is 6.20 Å². The molecule has 1 N–H and O–H groups in total. The number of likely N-dealkylation sites (N-methyl/N-ethyl adjacent to an activating group) is 1. The summed E-state index contributed by atoms with van der Waals surface area (Å²) in [6.07, 6.45) is 8.49. The van der Waals surface area contributed by atoms with Crippen LogP contribution >= 0.6 is 0 Å². The lowest BCUT2D eigenvalue weighted by Crippen LogP contribution is -2.23. The first-order valence-corrected chi connectivity index (χ1v) is 6.33. The monoisotopic (exact) mass is 241 g/mol.